The maximum absolute atomic E-state index is 12.3. The Labute approximate surface area is 116 Å². The van der Waals surface area contributed by atoms with Crippen molar-refractivity contribution >= 4 is 21.8 Å². The molecule has 1 amide bonds. The first-order valence-electron chi connectivity index (χ1n) is 6.19. The molecule has 1 aromatic carbocycles. The number of aliphatic hydroxyl groups excluding tert-OH is 1. The van der Waals surface area contributed by atoms with E-state index in [0.717, 1.165) is 29.3 Å². The molecule has 0 unspecified atom stereocenters. The Hall–Kier alpha value is -0.870. The van der Waals surface area contributed by atoms with E-state index in [1.807, 2.05) is 24.3 Å². The van der Waals surface area contributed by atoms with Gasteiger partial charge in [-0.2, -0.15) is 0 Å². The maximum Gasteiger partial charge on any atom is 0.231 e. The van der Waals surface area contributed by atoms with Crippen LogP contribution in [-0.4, -0.2) is 29.6 Å². The van der Waals surface area contributed by atoms with E-state index < -0.39 is 5.41 Å². The summed E-state index contributed by atoms with van der Waals surface area (Å²) in [6, 6.07) is 7.89. The molecule has 0 bridgehead atoms. The Balaban J connectivity index is 2.06. The molecule has 0 radical (unpaired) electrons. The van der Waals surface area contributed by atoms with E-state index in [1.165, 1.54) is 0 Å². The third kappa shape index (κ3) is 2.45. The smallest absolute Gasteiger partial charge is 0.231 e. The van der Waals surface area contributed by atoms with Crippen LogP contribution in [0.1, 0.15) is 24.8 Å². The van der Waals surface area contributed by atoms with Gasteiger partial charge >= 0.3 is 0 Å². The number of carbonyl (C=O) groups is 1. The number of benzene rings is 1. The van der Waals surface area contributed by atoms with Gasteiger partial charge in [0, 0.05) is 18.1 Å². The van der Waals surface area contributed by atoms with Crippen molar-refractivity contribution < 1.29 is 9.90 Å². The van der Waals surface area contributed by atoms with Crippen molar-refractivity contribution in [1.82, 2.24) is 4.90 Å². The van der Waals surface area contributed by atoms with E-state index in [9.17, 15) is 9.90 Å². The normalized spacial score (nSPS) is 17.1. The van der Waals surface area contributed by atoms with Crippen LogP contribution in [0, 0.1) is 5.41 Å². The number of hydrogen-bond donors (Lipinski definition) is 1. The van der Waals surface area contributed by atoms with E-state index in [2.05, 4.69) is 15.9 Å². The van der Waals surface area contributed by atoms with Crippen molar-refractivity contribution in [3.05, 3.63) is 34.3 Å². The van der Waals surface area contributed by atoms with Crippen molar-refractivity contribution in [1.29, 1.82) is 0 Å². The minimum absolute atomic E-state index is 0.0356. The van der Waals surface area contributed by atoms with Crippen LogP contribution in [0.15, 0.2) is 28.7 Å². The predicted octanol–water partition coefficient (Wildman–Crippen LogP) is 2.57. The Morgan fingerprint density at radius 2 is 2.11 bits per heavy atom. The summed E-state index contributed by atoms with van der Waals surface area (Å²) in [6.45, 7) is 0.536. The molecule has 1 aromatic rings. The van der Waals surface area contributed by atoms with Crippen LogP contribution in [0.2, 0.25) is 0 Å². The highest BCUT2D eigenvalue weighted by Crippen LogP contribution is 2.42. The summed E-state index contributed by atoms with van der Waals surface area (Å²) < 4.78 is 1.01. The zero-order valence-electron chi connectivity index (χ0n) is 10.5. The van der Waals surface area contributed by atoms with Gasteiger partial charge in [0.05, 0.1) is 12.0 Å². The lowest BCUT2D eigenvalue weighted by molar-refractivity contribution is -0.150. The standard InChI is InChI=1S/C14H18BrNO2/c1-16(9-11-5-2-3-6-12(11)15)13(18)14(10-17)7-4-8-14/h2-3,5-6,17H,4,7-10H2,1H3. The van der Waals surface area contributed by atoms with Gasteiger partial charge in [-0.15, -0.1) is 0 Å². The van der Waals surface area contributed by atoms with E-state index >= 15 is 0 Å². The Bertz CT molecular complexity index is 438. The van der Waals surface area contributed by atoms with Crippen LogP contribution in [0.25, 0.3) is 0 Å². The molecule has 18 heavy (non-hydrogen) atoms. The molecule has 0 saturated heterocycles. The van der Waals surface area contributed by atoms with Gasteiger partial charge in [-0.25, -0.2) is 0 Å². The van der Waals surface area contributed by atoms with Gasteiger partial charge in [-0.1, -0.05) is 40.5 Å². The SMILES string of the molecule is CN(Cc1ccccc1Br)C(=O)C1(CO)CCC1. The van der Waals surface area contributed by atoms with Gasteiger partial charge in [0.1, 0.15) is 0 Å². The summed E-state index contributed by atoms with van der Waals surface area (Å²) in [4.78, 5) is 14.1. The number of amides is 1. The highest BCUT2D eigenvalue weighted by molar-refractivity contribution is 9.10. The summed E-state index contributed by atoms with van der Waals surface area (Å²) in [7, 11) is 1.80. The van der Waals surface area contributed by atoms with Crippen LogP contribution < -0.4 is 0 Å². The second-order valence-electron chi connectivity index (χ2n) is 5.04. The van der Waals surface area contributed by atoms with Crippen molar-refractivity contribution in [3.63, 3.8) is 0 Å². The van der Waals surface area contributed by atoms with Crippen molar-refractivity contribution in [2.24, 2.45) is 5.41 Å². The average molecular weight is 312 g/mol. The Kier molecular flexibility index (Phi) is 4.07. The molecule has 98 valence electrons. The molecule has 1 N–H and O–H groups in total. The largest absolute Gasteiger partial charge is 0.395 e. The zero-order valence-corrected chi connectivity index (χ0v) is 12.1. The molecular formula is C14H18BrNO2. The molecule has 0 aromatic heterocycles. The Morgan fingerprint density at radius 3 is 2.61 bits per heavy atom. The van der Waals surface area contributed by atoms with Crippen LogP contribution in [0.4, 0.5) is 0 Å². The molecule has 0 aliphatic heterocycles. The highest BCUT2D eigenvalue weighted by atomic mass is 79.9. The summed E-state index contributed by atoms with van der Waals surface area (Å²) in [5, 5.41) is 9.42. The summed E-state index contributed by atoms with van der Waals surface area (Å²) in [5.41, 5.74) is 0.580. The van der Waals surface area contributed by atoms with Gasteiger partial charge in [0.25, 0.3) is 0 Å². The van der Waals surface area contributed by atoms with Gasteiger partial charge < -0.3 is 10.0 Å². The van der Waals surface area contributed by atoms with E-state index in [1.54, 1.807) is 11.9 Å². The monoisotopic (exact) mass is 311 g/mol. The number of carbonyl (C=O) groups excluding carboxylic acids is 1. The maximum atomic E-state index is 12.3. The van der Waals surface area contributed by atoms with Crippen LogP contribution >= 0.6 is 15.9 Å². The van der Waals surface area contributed by atoms with Crippen molar-refractivity contribution in [2.45, 2.75) is 25.8 Å². The number of nitrogens with zero attached hydrogens (tertiary/aromatic N) is 1. The predicted molar refractivity (Wildman–Crippen MR) is 74.0 cm³/mol. The second-order valence-corrected chi connectivity index (χ2v) is 5.90. The van der Waals surface area contributed by atoms with Crippen LogP contribution in [-0.2, 0) is 11.3 Å². The van der Waals surface area contributed by atoms with Crippen molar-refractivity contribution in [3.8, 4) is 0 Å². The highest BCUT2D eigenvalue weighted by Gasteiger charge is 2.45. The quantitative estimate of drug-likeness (QED) is 0.928. The molecule has 1 saturated carbocycles. The molecule has 0 atom stereocenters. The van der Waals surface area contributed by atoms with Crippen LogP contribution in [0.3, 0.4) is 0 Å². The lowest BCUT2D eigenvalue weighted by atomic mass is 9.68. The zero-order chi connectivity index (χ0) is 13.2. The molecule has 3 nitrogen and oxygen atoms in total. The minimum atomic E-state index is -0.504. The van der Waals surface area contributed by atoms with E-state index in [0.29, 0.717) is 6.54 Å². The lowest BCUT2D eigenvalue weighted by Gasteiger charge is -2.41. The first kappa shape index (κ1) is 13.6. The topological polar surface area (TPSA) is 40.5 Å². The summed E-state index contributed by atoms with van der Waals surface area (Å²) >= 11 is 3.49. The van der Waals surface area contributed by atoms with Crippen molar-refractivity contribution in [2.75, 3.05) is 13.7 Å². The fraction of sp³-hybridized carbons (Fsp3) is 0.500. The van der Waals surface area contributed by atoms with E-state index in [4.69, 9.17) is 0 Å². The first-order chi connectivity index (χ1) is 8.59. The number of hydrogen-bond acceptors (Lipinski definition) is 2. The van der Waals surface area contributed by atoms with Gasteiger partial charge in [-0.3, -0.25) is 4.79 Å². The third-order valence-electron chi connectivity index (χ3n) is 3.78. The lowest BCUT2D eigenvalue weighted by Crippen LogP contribution is -2.48. The number of halogens is 1. The van der Waals surface area contributed by atoms with Gasteiger partial charge in [-0.05, 0) is 24.5 Å². The second kappa shape index (κ2) is 5.41. The minimum Gasteiger partial charge on any atom is -0.395 e. The third-order valence-corrected chi connectivity index (χ3v) is 4.55. The fourth-order valence-electron chi connectivity index (χ4n) is 2.40. The number of rotatable bonds is 4. The molecule has 1 aliphatic carbocycles. The molecule has 2 rings (SSSR count). The fourth-order valence-corrected chi connectivity index (χ4v) is 2.81. The molecule has 4 heteroatoms. The molecule has 1 fully saturated rings. The molecular weight excluding hydrogens is 294 g/mol. The van der Waals surface area contributed by atoms with Crippen LogP contribution in [0.5, 0.6) is 0 Å². The number of aliphatic hydroxyl groups is 1. The Morgan fingerprint density at radius 1 is 1.44 bits per heavy atom. The van der Waals surface area contributed by atoms with Gasteiger partial charge in [0.2, 0.25) is 5.91 Å². The first-order valence-corrected chi connectivity index (χ1v) is 6.98. The molecule has 1 aliphatic rings. The summed E-state index contributed by atoms with van der Waals surface area (Å²) in [6.07, 6.45) is 2.65. The molecule has 0 spiro atoms. The van der Waals surface area contributed by atoms with Gasteiger partial charge in [0.15, 0.2) is 0 Å². The average Bonchev–Trinajstić information content (AvgIpc) is 2.31. The van der Waals surface area contributed by atoms with E-state index in [-0.39, 0.29) is 12.5 Å². The summed E-state index contributed by atoms with van der Waals surface area (Å²) in [5.74, 6) is 0.0620. The molecule has 0 heterocycles.